The van der Waals surface area contributed by atoms with E-state index in [-0.39, 0.29) is 0 Å². The number of ether oxygens (including phenoxy) is 1. The van der Waals surface area contributed by atoms with Gasteiger partial charge in [-0.1, -0.05) is 23.2 Å². The molecule has 2 N–H and O–H groups in total. The summed E-state index contributed by atoms with van der Waals surface area (Å²) in [5.74, 6) is 0.857. The SMILES string of the molecule is COc1ccc2ncc(Cl)c([C@H](O)CCC3(C(=O)O)CCN(CCCSc4ccc(Cl)cc4)CC3)c2c1. The Morgan fingerprint density at radius 3 is 2.59 bits per heavy atom. The maximum Gasteiger partial charge on any atom is 0.309 e. The monoisotopic (exact) mass is 562 g/mol. The van der Waals surface area contributed by atoms with Gasteiger partial charge in [0.15, 0.2) is 0 Å². The first-order chi connectivity index (χ1) is 17.8. The Balaban J connectivity index is 1.32. The summed E-state index contributed by atoms with van der Waals surface area (Å²) in [5, 5.41) is 23.1. The number of likely N-dealkylation sites (tertiary alicyclic amines) is 1. The number of aliphatic carboxylic acids is 1. The van der Waals surface area contributed by atoms with Crippen LogP contribution in [-0.4, -0.2) is 58.6 Å². The van der Waals surface area contributed by atoms with Crippen LogP contribution in [0.2, 0.25) is 10.0 Å². The van der Waals surface area contributed by atoms with Gasteiger partial charge in [-0.25, -0.2) is 0 Å². The highest BCUT2D eigenvalue weighted by atomic mass is 35.5. The summed E-state index contributed by atoms with van der Waals surface area (Å²) in [6.45, 7) is 2.42. The van der Waals surface area contributed by atoms with Crippen LogP contribution in [-0.2, 0) is 4.79 Å². The number of halogens is 2. The Bertz CT molecular complexity index is 1220. The van der Waals surface area contributed by atoms with Gasteiger partial charge in [0, 0.05) is 27.1 Å². The molecule has 1 aliphatic heterocycles. The van der Waals surface area contributed by atoms with Crippen molar-refractivity contribution in [2.45, 2.75) is 43.1 Å². The van der Waals surface area contributed by atoms with Crippen molar-refractivity contribution in [3.05, 3.63) is 64.3 Å². The minimum atomic E-state index is -0.899. The van der Waals surface area contributed by atoms with Crippen molar-refractivity contribution in [3.8, 4) is 5.75 Å². The molecule has 1 fully saturated rings. The zero-order valence-corrected chi connectivity index (χ0v) is 23.2. The Morgan fingerprint density at radius 2 is 1.92 bits per heavy atom. The van der Waals surface area contributed by atoms with Gasteiger partial charge < -0.3 is 19.8 Å². The molecular weight excluding hydrogens is 531 g/mol. The van der Waals surface area contributed by atoms with Crippen molar-refractivity contribution >= 4 is 51.8 Å². The van der Waals surface area contributed by atoms with Crippen LogP contribution in [0.15, 0.2) is 53.6 Å². The highest BCUT2D eigenvalue weighted by molar-refractivity contribution is 7.99. The Labute approximate surface area is 231 Å². The maximum atomic E-state index is 12.4. The third-order valence-corrected chi connectivity index (χ3v) is 8.92. The fourth-order valence-electron chi connectivity index (χ4n) is 4.98. The van der Waals surface area contributed by atoms with Crippen molar-refractivity contribution in [2.75, 3.05) is 32.5 Å². The number of pyridine rings is 1. The van der Waals surface area contributed by atoms with Crippen molar-refractivity contribution in [1.82, 2.24) is 9.88 Å². The number of nitrogens with zero attached hydrogens (tertiary/aromatic N) is 2. The quantitative estimate of drug-likeness (QED) is 0.198. The highest BCUT2D eigenvalue weighted by Crippen LogP contribution is 2.41. The Morgan fingerprint density at radius 1 is 1.19 bits per heavy atom. The molecule has 1 aromatic heterocycles. The number of aliphatic hydroxyl groups excluding tert-OH is 1. The summed E-state index contributed by atoms with van der Waals surface area (Å²) < 4.78 is 5.33. The summed E-state index contributed by atoms with van der Waals surface area (Å²) in [7, 11) is 1.58. The average molecular weight is 564 g/mol. The van der Waals surface area contributed by atoms with E-state index in [9.17, 15) is 15.0 Å². The largest absolute Gasteiger partial charge is 0.497 e. The summed E-state index contributed by atoms with van der Waals surface area (Å²) >= 11 is 14.2. The number of carboxylic acids is 1. The number of thioether (sulfide) groups is 1. The van der Waals surface area contributed by atoms with Crippen molar-refractivity contribution < 1.29 is 19.7 Å². The van der Waals surface area contributed by atoms with E-state index in [1.807, 2.05) is 42.5 Å². The van der Waals surface area contributed by atoms with Crippen molar-refractivity contribution in [3.63, 3.8) is 0 Å². The standard InChI is InChI=1S/C28H32Cl2N2O4S/c1-36-20-5-8-24-22(17-20)26(23(30)18-31-24)25(33)9-10-28(27(34)35)11-14-32(15-12-28)13-2-16-37-21-6-3-19(29)4-7-21/h3-8,17-18,25,33H,2,9-16H2,1H3,(H,34,35)/t25-/m1/s1. The van der Waals surface area contributed by atoms with Gasteiger partial charge in [-0.3, -0.25) is 9.78 Å². The molecule has 1 aliphatic rings. The summed E-state index contributed by atoms with van der Waals surface area (Å²) in [6.07, 6.45) is 3.49. The van der Waals surface area contributed by atoms with E-state index < -0.39 is 17.5 Å². The highest BCUT2D eigenvalue weighted by Gasteiger charge is 2.41. The number of piperidine rings is 1. The lowest BCUT2D eigenvalue weighted by atomic mass is 9.74. The van der Waals surface area contributed by atoms with E-state index in [4.69, 9.17) is 27.9 Å². The van der Waals surface area contributed by atoms with Crippen LogP contribution in [0.25, 0.3) is 10.9 Å². The van der Waals surface area contributed by atoms with Crippen molar-refractivity contribution in [2.24, 2.45) is 5.41 Å². The number of rotatable bonds is 11. The summed E-state index contributed by atoms with van der Waals surface area (Å²) in [4.78, 5) is 20.3. The van der Waals surface area contributed by atoms with Gasteiger partial charge in [-0.05, 0) is 100.0 Å². The van der Waals surface area contributed by atoms with Gasteiger partial charge in [-0.2, -0.15) is 0 Å². The molecule has 6 nitrogen and oxygen atoms in total. The topological polar surface area (TPSA) is 82.9 Å². The molecule has 0 saturated carbocycles. The number of aromatic nitrogens is 1. The maximum absolute atomic E-state index is 12.4. The lowest BCUT2D eigenvalue weighted by Crippen LogP contribution is -2.44. The smallest absolute Gasteiger partial charge is 0.309 e. The van der Waals surface area contributed by atoms with Gasteiger partial charge in [0.1, 0.15) is 5.75 Å². The van der Waals surface area contributed by atoms with Gasteiger partial charge in [0.25, 0.3) is 0 Å². The van der Waals surface area contributed by atoms with E-state index in [1.54, 1.807) is 18.9 Å². The number of hydrogen-bond donors (Lipinski definition) is 2. The van der Waals surface area contributed by atoms with Crippen LogP contribution in [0.5, 0.6) is 5.75 Å². The van der Waals surface area contributed by atoms with E-state index in [0.29, 0.717) is 47.5 Å². The molecule has 37 heavy (non-hydrogen) atoms. The van der Waals surface area contributed by atoms with Crippen LogP contribution >= 0.6 is 35.0 Å². The van der Waals surface area contributed by atoms with Crippen LogP contribution in [0, 0.1) is 5.41 Å². The van der Waals surface area contributed by atoms with Crippen LogP contribution < -0.4 is 4.74 Å². The molecule has 4 rings (SSSR count). The third kappa shape index (κ3) is 6.89. The summed E-state index contributed by atoms with van der Waals surface area (Å²) in [6, 6.07) is 13.3. The molecule has 0 amide bonds. The Hall–Kier alpha value is -2.03. The number of hydrogen-bond acceptors (Lipinski definition) is 6. The third-order valence-electron chi connectivity index (χ3n) is 7.27. The molecule has 3 aromatic rings. The van der Waals surface area contributed by atoms with E-state index in [0.717, 1.165) is 42.2 Å². The predicted octanol–water partition coefficient (Wildman–Crippen LogP) is 6.71. The lowest BCUT2D eigenvalue weighted by molar-refractivity contribution is -0.153. The second kappa shape index (κ2) is 12.7. The number of benzene rings is 2. The first kappa shape index (κ1) is 28.0. The zero-order valence-electron chi connectivity index (χ0n) is 20.8. The first-order valence-electron chi connectivity index (χ1n) is 12.5. The molecule has 0 unspecified atom stereocenters. The van der Waals surface area contributed by atoms with Crippen LogP contribution in [0.3, 0.4) is 0 Å². The van der Waals surface area contributed by atoms with Crippen molar-refractivity contribution in [1.29, 1.82) is 0 Å². The van der Waals surface area contributed by atoms with Gasteiger partial charge >= 0.3 is 5.97 Å². The molecule has 1 atom stereocenters. The molecule has 198 valence electrons. The lowest BCUT2D eigenvalue weighted by Gasteiger charge is -2.39. The van der Waals surface area contributed by atoms with Gasteiger partial charge in [-0.15, -0.1) is 11.8 Å². The molecule has 1 saturated heterocycles. The predicted molar refractivity (Wildman–Crippen MR) is 150 cm³/mol. The number of fused-ring (bicyclic) bond motifs is 1. The fourth-order valence-corrected chi connectivity index (χ4v) is 6.22. The average Bonchev–Trinajstić information content (AvgIpc) is 2.91. The minimum Gasteiger partial charge on any atom is -0.497 e. The number of methoxy groups -OCH3 is 1. The molecule has 9 heteroatoms. The molecule has 0 bridgehead atoms. The van der Waals surface area contributed by atoms with Gasteiger partial charge in [0.2, 0.25) is 0 Å². The van der Waals surface area contributed by atoms with E-state index >= 15 is 0 Å². The zero-order chi connectivity index (χ0) is 26.4. The molecule has 0 aliphatic carbocycles. The normalized spacial score (nSPS) is 16.5. The second-order valence-corrected chi connectivity index (χ2v) is 11.6. The number of carboxylic acid groups (broad SMARTS) is 1. The molecule has 2 heterocycles. The summed E-state index contributed by atoms with van der Waals surface area (Å²) in [5.41, 5.74) is 0.430. The first-order valence-corrected chi connectivity index (χ1v) is 14.2. The molecular formula is C28H32Cl2N2O4S. The molecule has 0 radical (unpaired) electrons. The van der Waals surface area contributed by atoms with Gasteiger partial charge in [0.05, 0.1) is 29.2 Å². The second-order valence-electron chi connectivity index (χ2n) is 9.54. The van der Waals surface area contributed by atoms with E-state index in [1.165, 1.54) is 11.1 Å². The Kier molecular flexibility index (Phi) is 9.59. The van der Waals surface area contributed by atoms with E-state index in [2.05, 4.69) is 9.88 Å². The van der Waals surface area contributed by atoms with Crippen LogP contribution in [0.4, 0.5) is 0 Å². The molecule has 0 spiro atoms. The number of aliphatic hydroxyl groups is 1. The molecule has 2 aromatic carbocycles. The fraction of sp³-hybridized carbons (Fsp3) is 0.429. The number of carbonyl (C=O) groups is 1. The van der Waals surface area contributed by atoms with Crippen LogP contribution in [0.1, 0.15) is 43.8 Å². The minimum absolute atomic E-state index is 0.306.